The van der Waals surface area contributed by atoms with E-state index in [9.17, 15) is 4.79 Å². The fraction of sp³-hybridized carbons (Fsp3) is 0.500. The van der Waals surface area contributed by atoms with E-state index in [1.165, 1.54) is 12.8 Å². The smallest absolute Gasteiger partial charge is 0.408 e. The Morgan fingerprint density at radius 3 is 2.39 bits per heavy atom. The number of amides is 1. The van der Waals surface area contributed by atoms with Crippen molar-refractivity contribution in [2.24, 2.45) is 0 Å². The molecule has 33 heavy (non-hydrogen) atoms. The van der Waals surface area contributed by atoms with Crippen molar-refractivity contribution in [1.82, 2.24) is 10.6 Å². The van der Waals surface area contributed by atoms with E-state index in [1.54, 1.807) is 14.0 Å². The van der Waals surface area contributed by atoms with Gasteiger partial charge in [-0.05, 0) is 74.9 Å². The number of methoxy groups -OCH3 is 1. The summed E-state index contributed by atoms with van der Waals surface area (Å²) in [4.78, 5) is 14.5. The van der Waals surface area contributed by atoms with Crippen molar-refractivity contribution in [3.63, 3.8) is 0 Å². The third kappa shape index (κ3) is 6.54. The quantitative estimate of drug-likeness (QED) is 0.502. The summed E-state index contributed by atoms with van der Waals surface area (Å²) in [5.41, 5.74) is 2.21. The summed E-state index contributed by atoms with van der Waals surface area (Å²) >= 11 is 0. The number of benzene rings is 2. The Balaban J connectivity index is 1.85. The van der Waals surface area contributed by atoms with Gasteiger partial charge in [0.25, 0.3) is 0 Å². The van der Waals surface area contributed by atoms with Gasteiger partial charge >= 0.3 is 6.09 Å². The second-order valence-electron chi connectivity index (χ2n) is 8.77. The largest absolute Gasteiger partial charge is 0.493 e. The fourth-order valence-corrected chi connectivity index (χ4v) is 4.05. The first-order chi connectivity index (χ1) is 15.8. The number of nitrogens with one attached hydrogen (secondary N) is 2. The second-order valence-corrected chi connectivity index (χ2v) is 8.77. The Labute approximate surface area is 197 Å². The summed E-state index contributed by atoms with van der Waals surface area (Å²) in [6, 6.07) is 14.1. The lowest BCUT2D eigenvalue weighted by Gasteiger charge is -2.33. The topological polar surface area (TPSA) is 72.1 Å². The minimum atomic E-state index is -0.882. The van der Waals surface area contributed by atoms with Crippen molar-refractivity contribution < 1.29 is 19.0 Å². The van der Waals surface area contributed by atoms with E-state index in [0.29, 0.717) is 24.7 Å². The molecule has 3 rings (SSSR count). The molecule has 0 radical (unpaired) electrons. The summed E-state index contributed by atoms with van der Waals surface area (Å²) in [5.74, 6) is 1.37. The summed E-state index contributed by atoms with van der Waals surface area (Å²) in [7, 11) is 5.67. The number of rotatable bonds is 10. The van der Waals surface area contributed by atoms with E-state index < -0.39 is 11.8 Å². The zero-order valence-electron chi connectivity index (χ0n) is 20.4. The van der Waals surface area contributed by atoms with E-state index in [0.717, 1.165) is 29.7 Å². The zero-order valence-corrected chi connectivity index (χ0v) is 20.4. The molecule has 180 valence electrons. The molecule has 1 amide bonds. The van der Waals surface area contributed by atoms with Crippen LogP contribution in [0.4, 0.5) is 10.5 Å². The van der Waals surface area contributed by atoms with Gasteiger partial charge in [0.1, 0.15) is 5.66 Å². The molecule has 0 aliphatic heterocycles. The number of anilines is 1. The minimum absolute atomic E-state index is 0.196. The maximum Gasteiger partial charge on any atom is 0.408 e. The zero-order chi connectivity index (χ0) is 23.8. The molecule has 2 aromatic carbocycles. The molecule has 7 heteroatoms. The average molecular weight is 456 g/mol. The number of carbonyl (C=O) groups is 1. The molecule has 2 aromatic rings. The van der Waals surface area contributed by atoms with Crippen LogP contribution in [0.15, 0.2) is 42.5 Å². The van der Waals surface area contributed by atoms with Gasteiger partial charge < -0.3 is 19.1 Å². The molecule has 1 fully saturated rings. The van der Waals surface area contributed by atoms with Gasteiger partial charge in [-0.3, -0.25) is 10.6 Å². The fourth-order valence-electron chi connectivity index (χ4n) is 4.05. The SMILES string of the molecule is CCOC(=O)NC(C)(NCc1ccc(N(C)C)cc1)c1ccc(OC)c(OC2CCCC2)c1. The van der Waals surface area contributed by atoms with E-state index in [4.69, 9.17) is 14.2 Å². The minimum Gasteiger partial charge on any atom is -0.493 e. The predicted octanol–water partition coefficient (Wildman–Crippen LogP) is 4.79. The second kappa shape index (κ2) is 11.3. The highest BCUT2D eigenvalue weighted by atomic mass is 16.5. The van der Waals surface area contributed by atoms with Gasteiger partial charge in [0.2, 0.25) is 0 Å². The molecular formula is C26H37N3O4. The van der Waals surface area contributed by atoms with Crippen LogP contribution >= 0.6 is 0 Å². The number of ether oxygens (including phenoxy) is 3. The van der Waals surface area contributed by atoms with Crippen molar-refractivity contribution in [3.05, 3.63) is 53.6 Å². The normalized spacial score (nSPS) is 15.5. The number of hydrogen-bond acceptors (Lipinski definition) is 6. The number of hydrogen-bond donors (Lipinski definition) is 2. The lowest BCUT2D eigenvalue weighted by molar-refractivity contribution is 0.132. The van der Waals surface area contributed by atoms with Crippen LogP contribution < -0.4 is 25.0 Å². The molecule has 1 unspecified atom stereocenters. The van der Waals surface area contributed by atoms with Crippen LogP contribution in [0.1, 0.15) is 50.7 Å². The molecule has 2 N–H and O–H groups in total. The first-order valence-corrected chi connectivity index (χ1v) is 11.7. The highest BCUT2D eigenvalue weighted by Gasteiger charge is 2.30. The first-order valence-electron chi connectivity index (χ1n) is 11.7. The maximum absolute atomic E-state index is 12.4. The third-order valence-corrected chi connectivity index (χ3v) is 6.06. The van der Waals surface area contributed by atoms with Gasteiger partial charge in [-0.25, -0.2) is 4.79 Å². The molecule has 0 saturated heterocycles. The Morgan fingerprint density at radius 1 is 1.09 bits per heavy atom. The van der Waals surface area contributed by atoms with E-state index in [2.05, 4.69) is 39.8 Å². The van der Waals surface area contributed by atoms with Gasteiger partial charge in [0, 0.05) is 26.3 Å². The van der Waals surface area contributed by atoms with Crippen LogP contribution in [-0.4, -0.2) is 40.0 Å². The van der Waals surface area contributed by atoms with Crippen molar-refractivity contribution in [3.8, 4) is 11.5 Å². The lowest BCUT2D eigenvalue weighted by Crippen LogP contribution is -2.53. The summed E-state index contributed by atoms with van der Waals surface area (Å²) in [6.45, 7) is 4.57. The molecule has 0 bridgehead atoms. The molecule has 0 heterocycles. The number of nitrogens with zero attached hydrogens (tertiary/aromatic N) is 1. The highest BCUT2D eigenvalue weighted by molar-refractivity contribution is 5.68. The van der Waals surface area contributed by atoms with Gasteiger partial charge in [-0.15, -0.1) is 0 Å². The number of alkyl carbamates (subject to hydrolysis) is 1. The van der Waals surface area contributed by atoms with Crippen molar-refractivity contribution in [1.29, 1.82) is 0 Å². The summed E-state index contributed by atoms with van der Waals surface area (Å²) < 4.78 is 17.0. The molecule has 0 aromatic heterocycles. The van der Waals surface area contributed by atoms with E-state index >= 15 is 0 Å². The standard InChI is InChI=1S/C26H37N3O4/c1-6-32-25(30)28-26(2,27-18-19-11-14-21(15-12-19)29(3)4)20-13-16-23(31-5)24(17-20)33-22-9-7-8-10-22/h11-17,22,27H,6-10,18H2,1-5H3,(H,28,30). The van der Waals surface area contributed by atoms with Crippen LogP contribution in [0.5, 0.6) is 11.5 Å². The highest BCUT2D eigenvalue weighted by Crippen LogP contribution is 2.35. The summed E-state index contributed by atoms with van der Waals surface area (Å²) in [5, 5.41) is 6.50. The van der Waals surface area contributed by atoms with Crippen molar-refractivity contribution in [2.75, 3.05) is 32.7 Å². The van der Waals surface area contributed by atoms with E-state index in [-0.39, 0.29) is 6.10 Å². The Kier molecular flexibility index (Phi) is 8.44. The van der Waals surface area contributed by atoms with Crippen molar-refractivity contribution >= 4 is 11.8 Å². The Bertz CT molecular complexity index is 910. The van der Waals surface area contributed by atoms with Crippen LogP contribution in [0.25, 0.3) is 0 Å². The molecular weight excluding hydrogens is 418 g/mol. The molecule has 7 nitrogen and oxygen atoms in total. The monoisotopic (exact) mass is 455 g/mol. The number of carbonyl (C=O) groups excluding carboxylic acids is 1. The van der Waals surface area contributed by atoms with Crippen LogP contribution in [0.2, 0.25) is 0 Å². The molecule has 1 atom stereocenters. The lowest BCUT2D eigenvalue weighted by atomic mass is 10.00. The Morgan fingerprint density at radius 2 is 1.79 bits per heavy atom. The van der Waals surface area contributed by atoms with Crippen molar-refractivity contribution in [2.45, 2.75) is 57.8 Å². The van der Waals surface area contributed by atoms with Crippen LogP contribution in [0, 0.1) is 0 Å². The van der Waals surface area contributed by atoms with Crippen LogP contribution in [-0.2, 0) is 16.9 Å². The third-order valence-electron chi connectivity index (χ3n) is 6.06. The molecule has 0 spiro atoms. The first kappa shape index (κ1) is 24.7. The maximum atomic E-state index is 12.4. The average Bonchev–Trinajstić information content (AvgIpc) is 3.31. The summed E-state index contributed by atoms with van der Waals surface area (Å²) in [6.07, 6.45) is 4.18. The van der Waals surface area contributed by atoms with Gasteiger partial charge in [-0.2, -0.15) is 0 Å². The van der Waals surface area contributed by atoms with E-state index in [1.807, 2.05) is 39.2 Å². The Hall–Kier alpha value is -2.93. The van der Waals surface area contributed by atoms with Crippen LogP contribution in [0.3, 0.4) is 0 Å². The van der Waals surface area contributed by atoms with Gasteiger partial charge in [-0.1, -0.05) is 18.2 Å². The molecule has 1 aliphatic carbocycles. The molecule has 1 saturated carbocycles. The predicted molar refractivity (Wildman–Crippen MR) is 131 cm³/mol. The van der Waals surface area contributed by atoms with Gasteiger partial charge in [0.15, 0.2) is 11.5 Å². The van der Waals surface area contributed by atoms with Gasteiger partial charge in [0.05, 0.1) is 19.8 Å². The molecule has 1 aliphatic rings.